The number of rotatable bonds is 4. The Bertz CT molecular complexity index is 843. The highest BCUT2D eigenvalue weighted by atomic mass is 16.3. The van der Waals surface area contributed by atoms with Gasteiger partial charge in [0.1, 0.15) is 6.33 Å². The van der Waals surface area contributed by atoms with Gasteiger partial charge >= 0.3 is 0 Å². The van der Waals surface area contributed by atoms with Gasteiger partial charge in [-0.25, -0.2) is 9.50 Å². The summed E-state index contributed by atoms with van der Waals surface area (Å²) in [4.78, 5) is 16.5. The predicted molar refractivity (Wildman–Crippen MR) is 85.2 cm³/mol. The summed E-state index contributed by atoms with van der Waals surface area (Å²) in [7, 11) is 0. The summed E-state index contributed by atoms with van der Waals surface area (Å²) < 4.78 is 3.46. The number of fused-ring (bicyclic) bond motifs is 1. The predicted octanol–water partition coefficient (Wildman–Crippen LogP) is 0.495. The number of carbonyl (C=O) groups excluding carboxylic acids is 1. The fourth-order valence-electron chi connectivity index (χ4n) is 3.30. The first-order chi connectivity index (χ1) is 11.7. The molecule has 2 N–H and O–H groups in total. The zero-order valence-corrected chi connectivity index (χ0v) is 13.0. The zero-order valence-electron chi connectivity index (χ0n) is 13.0. The van der Waals surface area contributed by atoms with Crippen LogP contribution in [0.4, 0.5) is 0 Å². The maximum atomic E-state index is 12.4. The van der Waals surface area contributed by atoms with Gasteiger partial charge in [0.05, 0.1) is 12.1 Å². The highest BCUT2D eigenvalue weighted by Gasteiger charge is 2.34. The van der Waals surface area contributed by atoms with Gasteiger partial charge in [-0.05, 0) is 37.0 Å². The summed E-state index contributed by atoms with van der Waals surface area (Å²) in [6.45, 7) is 0.752. The Labute approximate surface area is 138 Å². The highest BCUT2D eigenvalue weighted by Crippen LogP contribution is 2.27. The minimum Gasteiger partial charge on any atom is -0.391 e. The molecule has 24 heavy (non-hydrogen) atoms. The maximum absolute atomic E-state index is 12.4. The van der Waals surface area contributed by atoms with Crippen LogP contribution in [0.2, 0.25) is 0 Å². The lowest BCUT2D eigenvalue weighted by Gasteiger charge is -2.16. The van der Waals surface area contributed by atoms with Crippen molar-refractivity contribution in [1.82, 2.24) is 29.7 Å². The van der Waals surface area contributed by atoms with Crippen LogP contribution in [0.1, 0.15) is 23.2 Å². The normalized spacial score (nSPS) is 23.6. The van der Waals surface area contributed by atoms with E-state index in [1.807, 2.05) is 16.9 Å². The Kier molecular flexibility index (Phi) is 3.73. The van der Waals surface area contributed by atoms with Crippen molar-refractivity contribution >= 4 is 11.6 Å². The first-order valence-electron chi connectivity index (χ1n) is 7.95. The van der Waals surface area contributed by atoms with Gasteiger partial charge in [0.25, 0.3) is 5.91 Å². The molecule has 1 unspecified atom stereocenters. The van der Waals surface area contributed by atoms with Gasteiger partial charge in [-0.3, -0.25) is 9.48 Å². The van der Waals surface area contributed by atoms with Gasteiger partial charge in [0.2, 0.25) is 0 Å². The molecule has 3 heterocycles. The van der Waals surface area contributed by atoms with Gasteiger partial charge in [-0.15, -0.1) is 0 Å². The SMILES string of the molecule is O=C(N[C@@H]1CC(Cn2cccn2)C[C@H]1O)c1ccn2ncnc2c1. The number of nitrogens with one attached hydrogen (secondary N) is 1. The molecular weight excluding hydrogens is 308 g/mol. The molecule has 8 heteroatoms. The molecule has 0 saturated heterocycles. The van der Waals surface area contributed by atoms with Crippen molar-refractivity contribution in [3.05, 3.63) is 48.7 Å². The van der Waals surface area contributed by atoms with E-state index >= 15 is 0 Å². The number of hydrogen-bond acceptors (Lipinski definition) is 5. The van der Waals surface area contributed by atoms with Crippen molar-refractivity contribution in [2.45, 2.75) is 31.5 Å². The standard InChI is InChI=1S/C16H18N6O2/c23-14-7-11(9-21-4-1-3-18-21)6-13(14)20-16(24)12-2-5-22-15(8-12)17-10-19-22/h1-5,8,10-11,13-14,23H,6-7,9H2,(H,20,24)/t11?,13-,14-/m1/s1. The first kappa shape index (κ1) is 14.8. The molecule has 0 spiro atoms. The van der Waals surface area contributed by atoms with Crippen LogP contribution in [0, 0.1) is 5.92 Å². The lowest BCUT2D eigenvalue weighted by atomic mass is 10.1. The third kappa shape index (κ3) is 2.88. The Morgan fingerprint density at radius 3 is 3.08 bits per heavy atom. The topological polar surface area (TPSA) is 97.3 Å². The van der Waals surface area contributed by atoms with E-state index in [-0.39, 0.29) is 11.9 Å². The Balaban J connectivity index is 1.41. The zero-order chi connectivity index (χ0) is 16.5. The van der Waals surface area contributed by atoms with Crippen LogP contribution >= 0.6 is 0 Å². The summed E-state index contributed by atoms with van der Waals surface area (Å²) in [5.74, 6) is 0.0912. The molecule has 0 bridgehead atoms. The average molecular weight is 326 g/mol. The van der Waals surface area contributed by atoms with Gasteiger partial charge in [-0.1, -0.05) is 0 Å². The minimum absolute atomic E-state index is 0.204. The van der Waals surface area contributed by atoms with Crippen LogP contribution in [0.5, 0.6) is 0 Å². The molecule has 1 aliphatic carbocycles. The number of aliphatic hydroxyl groups is 1. The van der Waals surface area contributed by atoms with E-state index in [4.69, 9.17) is 0 Å². The summed E-state index contributed by atoms with van der Waals surface area (Å²) in [5.41, 5.74) is 1.13. The maximum Gasteiger partial charge on any atom is 0.251 e. The van der Waals surface area contributed by atoms with Crippen LogP contribution in [0.3, 0.4) is 0 Å². The van der Waals surface area contributed by atoms with Crippen LogP contribution in [0.15, 0.2) is 43.1 Å². The molecular formula is C16H18N6O2. The quantitative estimate of drug-likeness (QED) is 0.727. The average Bonchev–Trinajstić information content (AvgIpc) is 3.29. The number of pyridine rings is 1. The largest absolute Gasteiger partial charge is 0.391 e. The van der Waals surface area contributed by atoms with Crippen molar-refractivity contribution in [3.8, 4) is 0 Å². The molecule has 8 nitrogen and oxygen atoms in total. The fourth-order valence-corrected chi connectivity index (χ4v) is 3.30. The molecule has 1 saturated carbocycles. The number of amides is 1. The molecule has 1 fully saturated rings. The second-order valence-electron chi connectivity index (χ2n) is 6.19. The third-order valence-electron chi connectivity index (χ3n) is 4.49. The number of aromatic nitrogens is 5. The highest BCUT2D eigenvalue weighted by molar-refractivity contribution is 5.95. The third-order valence-corrected chi connectivity index (χ3v) is 4.49. The van der Waals surface area contributed by atoms with Crippen molar-refractivity contribution in [1.29, 1.82) is 0 Å². The number of aliphatic hydroxyl groups excluding tert-OH is 1. The molecule has 0 radical (unpaired) electrons. The summed E-state index contributed by atoms with van der Waals surface area (Å²) >= 11 is 0. The lowest BCUT2D eigenvalue weighted by Crippen LogP contribution is -2.39. The van der Waals surface area contributed by atoms with Gasteiger partial charge in [0, 0.05) is 30.7 Å². The van der Waals surface area contributed by atoms with Crippen molar-refractivity contribution in [2.75, 3.05) is 0 Å². The van der Waals surface area contributed by atoms with Crippen LogP contribution < -0.4 is 5.32 Å². The van der Waals surface area contributed by atoms with E-state index < -0.39 is 6.10 Å². The Hall–Kier alpha value is -2.74. The summed E-state index contributed by atoms with van der Waals surface area (Å²) in [5, 5.41) is 21.4. The van der Waals surface area contributed by atoms with E-state index in [1.165, 1.54) is 6.33 Å². The fraction of sp³-hybridized carbons (Fsp3) is 0.375. The molecule has 0 aromatic carbocycles. The molecule has 1 aliphatic rings. The van der Waals surface area contributed by atoms with Crippen molar-refractivity contribution < 1.29 is 9.90 Å². The van der Waals surface area contributed by atoms with E-state index in [2.05, 4.69) is 20.5 Å². The second-order valence-corrected chi connectivity index (χ2v) is 6.19. The number of carbonyl (C=O) groups is 1. The van der Waals surface area contributed by atoms with Crippen LogP contribution in [-0.2, 0) is 6.54 Å². The van der Waals surface area contributed by atoms with Crippen molar-refractivity contribution in [3.63, 3.8) is 0 Å². The van der Waals surface area contributed by atoms with Crippen molar-refractivity contribution in [2.24, 2.45) is 5.92 Å². The first-order valence-corrected chi connectivity index (χ1v) is 7.95. The van der Waals surface area contributed by atoms with Crippen LogP contribution in [0.25, 0.3) is 5.65 Å². The van der Waals surface area contributed by atoms with E-state index in [1.54, 1.807) is 29.0 Å². The number of nitrogens with zero attached hydrogens (tertiary/aromatic N) is 5. The summed E-state index contributed by atoms with van der Waals surface area (Å²) in [6, 6.07) is 5.02. The molecule has 3 atom stereocenters. The molecule has 3 aromatic heterocycles. The Morgan fingerprint density at radius 2 is 2.25 bits per heavy atom. The van der Waals surface area contributed by atoms with Crippen LogP contribution in [-0.4, -0.2) is 47.5 Å². The van der Waals surface area contributed by atoms with Gasteiger partial charge < -0.3 is 10.4 Å². The molecule has 124 valence electrons. The smallest absolute Gasteiger partial charge is 0.251 e. The van der Waals surface area contributed by atoms with E-state index in [9.17, 15) is 9.90 Å². The molecule has 0 aliphatic heterocycles. The second kappa shape index (κ2) is 6.04. The monoisotopic (exact) mass is 326 g/mol. The molecule has 3 aromatic rings. The molecule has 1 amide bonds. The van der Waals surface area contributed by atoms with Gasteiger partial charge in [0.15, 0.2) is 5.65 Å². The Morgan fingerprint density at radius 1 is 1.33 bits per heavy atom. The minimum atomic E-state index is -0.536. The molecule has 4 rings (SSSR count). The lowest BCUT2D eigenvalue weighted by molar-refractivity contribution is 0.0872. The number of hydrogen-bond donors (Lipinski definition) is 2. The van der Waals surface area contributed by atoms with Gasteiger partial charge in [-0.2, -0.15) is 10.2 Å². The van der Waals surface area contributed by atoms with E-state index in [0.717, 1.165) is 13.0 Å². The summed E-state index contributed by atoms with van der Waals surface area (Å²) in [6.07, 6.45) is 7.65. The van der Waals surface area contributed by atoms with E-state index in [0.29, 0.717) is 23.5 Å².